The Kier molecular flexibility index (Phi) is 35.9. The normalized spacial score (nSPS) is 4.86. The summed E-state index contributed by atoms with van der Waals surface area (Å²) in [5, 5.41) is 0. The average Bonchev–Trinajstić information content (AvgIpc) is 1.41. The van der Waals surface area contributed by atoms with Crippen LogP contribution in [0.15, 0.2) is 0 Å². The van der Waals surface area contributed by atoms with Crippen LogP contribution in [0.3, 0.4) is 0 Å². The van der Waals surface area contributed by atoms with Crippen molar-refractivity contribution in [2.24, 2.45) is 0 Å². The third-order valence-corrected chi connectivity index (χ3v) is 0.687. The van der Waals surface area contributed by atoms with Crippen LogP contribution in [0.4, 0.5) is 0 Å². The second-order valence-electron chi connectivity index (χ2n) is 0.492. The zero-order valence-electron chi connectivity index (χ0n) is 4.07. The van der Waals surface area contributed by atoms with E-state index in [4.69, 9.17) is 0 Å². The van der Waals surface area contributed by atoms with Crippen LogP contribution in [-0.2, 0) is 26.6 Å². The third-order valence-electron chi connectivity index (χ3n) is 0.167. The molecule has 0 bridgehead atoms. The maximum atomic E-state index is 4.59. The Labute approximate surface area is 50.8 Å². The van der Waals surface area contributed by atoms with Gasteiger partial charge in [-0.3, -0.25) is 0 Å². The van der Waals surface area contributed by atoms with Crippen molar-refractivity contribution in [2.45, 2.75) is 0 Å². The smallest absolute Gasteiger partial charge is 1.00 e. The number of hydrogen-bond acceptors (Lipinski definition) is 2. The minimum absolute atomic E-state index is 0. The summed E-state index contributed by atoms with van der Waals surface area (Å²) in [4.78, 5) is 0. The molecule has 7 heavy (non-hydrogen) atoms. The maximum absolute atomic E-state index is 4.59. The minimum Gasteiger partial charge on any atom is -1.00 e. The van der Waals surface area contributed by atoms with Crippen molar-refractivity contribution in [3.05, 3.63) is 0 Å². The molecule has 0 radical (unpaired) electrons. The summed E-state index contributed by atoms with van der Waals surface area (Å²) in [6, 6.07) is 0. The summed E-state index contributed by atoms with van der Waals surface area (Å²) in [6.07, 6.45) is 0. The van der Waals surface area contributed by atoms with E-state index in [1.807, 2.05) is 0 Å². The fraction of sp³-hybridized carbons (Fsp3) is 1.00. The Bertz CT molecular complexity index is 21.2. The molecule has 0 aromatic carbocycles. The van der Waals surface area contributed by atoms with E-state index in [1.54, 1.807) is 14.2 Å². The molecule has 0 fully saturated rings. The van der Waals surface area contributed by atoms with Gasteiger partial charge in [-0.1, -0.05) is 0 Å². The van der Waals surface area contributed by atoms with E-state index in [9.17, 15) is 0 Å². The molecule has 0 aliphatic heterocycles. The van der Waals surface area contributed by atoms with Crippen LogP contribution in [0.5, 0.6) is 0 Å². The van der Waals surface area contributed by atoms with Gasteiger partial charge < -0.3 is 9.41 Å². The van der Waals surface area contributed by atoms with Gasteiger partial charge in [0, 0.05) is 0 Å². The van der Waals surface area contributed by atoms with Gasteiger partial charge in [-0.15, -0.1) is 0 Å². The summed E-state index contributed by atoms with van der Waals surface area (Å²) >= 11 is -0.472. The average molecular weight is 148 g/mol. The van der Waals surface area contributed by atoms with Crippen molar-refractivity contribution in [3.8, 4) is 0 Å². The van der Waals surface area contributed by atoms with E-state index in [-0.39, 0.29) is 9.41 Å². The molecule has 0 aliphatic carbocycles. The zero-order valence-corrected chi connectivity index (χ0v) is 5.63. The van der Waals surface area contributed by atoms with Gasteiger partial charge in [0.2, 0.25) is 0 Å². The second kappa shape index (κ2) is 16.1. The van der Waals surface area contributed by atoms with E-state index in [0.717, 1.165) is 0 Å². The molecule has 0 aromatic heterocycles. The SMILES string of the molecule is C[O][Ti+2][O]C.[F-].[F-]. The second-order valence-corrected chi connectivity index (χ2v) is 2.03. The van der Waals surface area contributed by atoms with Gasteiger partial charge in [-0.05, 0) is 0 Å². The molecular formula is C2H6F2O2Ti. The molecule has 0 aliphatic rings. The molecule has 2 nitrogen and oxygen atoms in total. The van der Waals surface area contributed by atoms with Crippen LogP contribution in [0.2, 0.25) is 0 Å². The van der Waals surface area contributed by atoms with Gasteiger partial charge in [0.1, 0.15) is 0 Å². The summed E-state index contributed by atoms with van der Waals surface area (Å²) in [6.45, 7) is 0. The molecule has 0 aromatic rings. The molecule has 0 amide bonds. The van der Waals surface area contributed by atoms with Crippen molar-refractivity contribution in [1.82, 2.24) is 0 Å². The van der Waals surface area contributed by atoms with Crippen LogP contribution in [0, 0.1) is 0 Å². The molecule has 44 valence electrons. The van der Waals surface area contributed by atoms with Crippen LogP contribution < -0.4 is 9.41 Å². The van der Waals surface area contributed by atoms with Gasteiger partial charge >= 0.3 is 40.8 Å². The number of rotatable bonds is 2. The van der Waals surface area contributed by atoms with Crippen molar-refractivity contribution in [1.29, 1.82) is 0 Å². The van der Waals surface area contributed by atoms with Gasteiger partial charge in [0.25, 0.3) is 0 Å². The first-order valence-electron chi connectivity index (χ1n) is 1.22. The molecule has 5 heteroatoms. The van der Waals surface area contributed by atoms with Crippen LogP contribution in [0.25, 0.3) is 0 Å². The molecule has 0 unspecified atom stereocenters. The zero-order chi connectivity index (χ0) is 4.12. The summed E-state index contributed by atoms with van der Waals surface area (Å²) in [5.74, 6) is 0. The maximum Gasteiger partial charge on any atom is -1.00 e. The van der Waals surface area contributed by atoms with Gasteiger partial charge in [0.15, 0.2) is 0 Å². The van der Waals surface area contributed by atoms with Crippen molar-refractivity contribution in [3.63, 3.8) is 0 Å². The standard InChI is InChI=1S/2CH3O.2FH.Ti/c2*1-2;;;/h2*1H3;2*1H;/q2*-1;;;+4/p-2. The molecule has 0 saturated carbocycles. The van der Waals surface area contributed by atoms with Crippen molar-refractivity contribution in [2.75, 3.05) is 14.2 Å². The molecule has 0 spiro atoms. The quantitative estimate of drug-likeness (QED) is 0.363. The van der Waals surface area contributed by atoms with Gasteiger partial charge in [-0.25, -0.2) is 0 Å². The molecule has 0 saturated heterocycles. The number of hydrogen-bond donors (Lipinski definition) is 0. The molecule has 0 N–H and O–H groups in total. The predicted molar refractivity (Wildman–Crippen MR) is 14.0 cm³/mol. The molecule has 0 atom stereocenters. The van der Waals surface area contributed by atoms with E-state index in [2.05, 4.69) is 6.64 Å². The molecule has 0 heterocycles. The van der Waals surface area contributed by atoms with E-state index >= 15 is 0 Å². The fourth-order valence-electron chi connectivity index (χ4n) is 0.0833. The summed E-state index contributed by atoms with van der Waals surface area (Å²) in [5.41, 5.74) is 0. The van der Waals surface area contributed by atoms with E-state index in [0.29, 0.717) is 0 Å². The minimum atomic E-state index is -0.472. The van der Waals surface area contributed by atoms with Gasteiger partial charge in [0.05, 0.1) is 0 Å². The Morgan fingerprint density at radius 3 is 1.29 bits per heavy atom. The van der Waals surface area contributed by atoms with Gasteiger partial charge in [-0.2, -0.15) is 0 Å². The van der Waals surface area contributed by atoms with E-state index in [1.165, 1.54) is 0 Å². The molecular weight excluding hydrogens is 142 g/mol. The van der Waals surface area contributed by atoms with Crippen LogP contribution >= 0.6 is 0 Å². The monoisotopic (exact) mass is 148 g/mol. The largest absolute Gasteiger partial charge is 1.00 e. The molecule has 0 rings (SSSR count). The first-order valence-corrected chi connectivity index (χ1v) is 2.50. The topological polar surface area (TPSA) is 18.5 Å². The number of halogens is 2. The first-order chi connectivity index (χ1) is 2.41. The van der Waals surface area contributed by atoms with Crippen LogP contribution in [0.1, 0.15) is 0 Å². The Morgan fingerprint density at radius 1 is 1.00 bits per heavy atom. The Morgan fingerprint density at radius 2 is 1.29 bits per heavy atom. The third kappa shape index (κ3) is 21.1. The first kappa shape index (κ1) is 15.6. The predicted octanol–water partition coefficient (Wildman–Crippen LogP) is -5.80. The van der Waals surface area contributed by atoms with Crippen molar-refractivity contribution < 1.29 is 36.0 Å². The summed E-state index contributed by atoms with van der Waals surface area (Å²) in [7, 11) is 3.28. The van der Waals surface area contributed by atoms with Crippen LogP contribution in [-0.4, -0.2) is 14.2 Å². The van der Waals surface area contributed by atoms with Crippen molar-refractivity contribution >= 4 is 0 Å². The Hall–Kier alpha value is 0.494. The Balaban J connectivity index is -0.0000000800. The van der Waals surface area contributed by atoms with E-state index < -0.39 is 19.9 Å². The fourth-order valence-corrected chi connectivity index (χ4v) is 0.344. The summed E-state index contributed by atoms with van der Waals surface area (Å²) < 4.78 is 9.19.